The molecular weight excluding hydrogens is 296 g/mol. The molecule has 21 heavy (non-hydrogen) atoms. The molecule has 3 N–H and O–H groups in total. The third-order valence-electron chi connectivity index (χ3n) is 2.62. The minimum atomic E-state index is -4.33. The number of anilines is 1. The number of alkyl halides is 4. The van der Waals surface area contributed by atoms with Gasteiger partial charge in [-0.1, -0.05) is 0 Å². The molecule has 0 heterocycles. The molecule has 0 atom stereocenters. The van der Waals surface area contributed by atoms with Gasteiger partial charge in [0.05, 0.1) is 32.0 Å². The second-order valence-corrected chi connectivity index (χ2v) is 4.04. The summed E-state index contributed by atoms with van der Waals surface area (Å²) in [6.07, 6.45) is -3.88. The van der Waals surface area contributed by atoms with Crippen LogP contribution < -0.4 is 20.5 Å². The van der Waals surface area contributed by atoms with E-state index in [0.29, 0.717) is 0 Å². The van der Waals surface area contributed by atoms with E-state index in [1.165, 1.54) is 26.4 Å². The summed E-state index contributed by atoms with van der Waals surface area (Å²) in [6, 6.07) is 2.58. The zero-order chi connectivity index (χ0) is 16.2. The highest BCUT2D eigenvalue weighted by molar-refractivity contribution is 6.01. The van der Waals surface area contributed by atoms with Gasteiger partial charge < -0.3 is 20.5 Å². The van der Waals surface area contributed by atoms with Crippen LogP contribution in [0.2, 0.25) is 0 Å². The van der Waals surface area contributed by atoms with Gasteiger partial charge in [0.2, 0.25) is 0 Å². The zero-order valence-electron chi connectivity index (χ0n) is 11.3. The first-order valence-corrected chi connectivity index (χ1v) is 5.68. The Kier molecular flexibility index (Phi) is 5.23. The summed E-state index contributed by atoms with van der Waals surface area (Å²) < 4.78 is 59.4. The largest absolute Gasteiger partial charge is 0.497 e. The topological polar surface area (TPSA) is 73.6 Å². The summed E-state index contributed by atoms with van der Waals surface area (Å²) in [6.45, 7) is -1.51. The highest BCUT2D eigenvalue weighted by atomic mass is 19.3. The molecule has 0 saturated heterocycles. The third-order valence-corrected chi connectivity index (χ3v) is 2.62. The zero-order valence-corrected chi connectivity index (χ0v) is 11.3. The summed E-state index contributed by atoms with van der Waals surface area (Å²) >= 11 is 0. The second kappa shape index (κ2) is 6.51. The second-order valence-electron chi connectivity index (χ2n) is 4.04. The lowest BCUT2D eigenvalue weighted by molar-refractivity contribution is -0.123. The number of carbonyl (C=O) groups excluding carboxylic acids is 1. The molecular formula is C12H14F4N2O3. The Morgan fingerprint density at radius 1 is 1.33 bits per heavy atom. The van der Waals surface area contributed by atoms with E-state index in [9.17, 15) is 22.4 Å². The van der Waals surface area contributed by atoms with Gasteiger partial charge in [-0.05, 0) is 6.07 Å². The van der Waals surface area contributed by atoms with Crippen molar-refractivity contribution in [1.29, 1.82) is 0 Å². The van der Waals surface area contributed by atoms with Crippen LogP contribution in [0.4, 0.5) is 23.2 Å². The van der Waals surface area contributed by atoms with E-state index in [2.05, 4.69) is 0 Å². The van der Waals surface area contributed by atoms with Gasteiger partial charge in [0.15, 0.2) is 0 Å². The van der Waals surface area contributed by atoms with Crippen molar-refractivity contribution in [3.05, 3.63) is 17.7 Å². The molecule has 0 bridgehead atoms. The maximum absolute atomic E-state index is 12.8. The van der Waals surface area contributed by atoms with E-state index in [1.807, 2.05) is 0 Å². The van der Waals surface area contributed by atoms with Gasteiger partial charge in [-0.3, -0.25) is 4.79 Å². The van der Waals surface area contributed by atoms with Gasteiger partial charge >= 0.3 is 12.3 Å². The van der Waals surface area contributed by atoms with Gasteiger partial charge in [-0.2, -0.15) is 8.78 Å². The summed E-state index contributed by atoms with van der Waals surface area (Å²) in [7, 11) is 2.61. The number of nitrogen functional groups attached to an aromatic ring is 1. The number of methoxy groups -OCH3 is 2. The first-order chi connectivity index (χ1) is 9.72. The number of hydrogen-bond donors (Lipinski definition) is 2. The number of amides is 1. The molecule has 0 aliphatic rings. The molecule has 1 aromatic carbocycles. The van der Waals surface area contributed by atoms with Crippen molar-refractivity contribution in [2.75, 3.05) is 26.5 Å². The Hall–Kier alpha value is -2.19. The Labute approximate surface area is 118 Å². The van der Waals surface area contributed by atoms with Gasteiger partial charge in [0.1, 0.15) is 11.5 Å². The van der Waals surface area contributed by atoms with Crippen LogP contribution in [-0.4, -0.2) is 39.0 Å². The molecule has 5 nitrogen and oxygen atoms in total. The Morgan fingerprint density at radius 2 is 1.95 bits per heavy atom. The molecule has 0 saturated carbocycles. The van der Waals surface area contributed by atoms with Crippen LogP contribution in [0.15, 0.2) is 12.1 Å². The lowest BCUT2D eigenvalue weighted by Crippen LogP contribution is -2.41. The van der Waals surface area contributed by atoms with Crippen molar-refractivity contribution in [3.8, 4) is 11.5 Å². The molecule has 0 aliphatic carbocycles. The van der Waals surface area contributed by atoms with Crippen LogP contribution in [0.5, 0.6) is 11.5 Å². The summed E-state index contributed by atoms with van der Waals surface area (Å²) in [4.78, 5) is 11.8. The molecule has 1 rings (SSSR count). The molecule has 0 aromatic heterocycles. The minimum Gasteiger partial charge on any atom is -0.497 e. The molecule has 118 valence electrons. The Bertz CT molecular complexity index is 523. The normalized spacial score (nSPS) is 11.4. The number of halogens is 4. The molecule has 9 heteroatoms. The SMILES string of the molecule is COc1cc(OC)c(N)c(C(=O)NCC(F)(F)C(F)F)c1. The Balaban J connectivity index is 2.97. The predicted octanol–water partition coefficient (Wildman–Crippen LogP) is 1.92. The van der Waals surface area contributed by atoms with Crippen molar-refractivity contribution in [1.82, 2.24) is 5.32 Å². The van der Waals surface area contributed by atoms with Crippen LogP contribution in [0.25, 0.3) is 0 Å². The lowest BCUT2D eigenvalue weighted by Gasteiger charge is -2.17. The van der Waals surface area contributed by atoms with Crippen LogP contribution in [0, 0.1) is 0 Å². The fraction of sp³-hybridized carbons (Fsp3) is 0.417. The third kappa shape index (κ3) is 3.89. The molecule has 0 aliphatic heterocycles. The fourth-order valence-electron chi connectivity index (χ4n) is 1.45. The number of carbonyl (C=O) groups is 1. The van der Waals surface area contributed by atoms with Crippen molar-refractivity contribution in [3.63, 3.8) is 0 Å². The number of ether oxygens (including phenoxy) is 2. The van der Waals surface area contributed by atoms with Crippen molar-refractivity contribution in [2.45, 2.75) is 12.3 Å². The maximum Gasteiger partial charge on any atom is 0.324 e. The molecule has 1 amide bonds. The van der Waals surface area contributed by atoms with E-state index in [4.69, 9.17) is 15.2 Å². The van der Waals surface area contributed by atoms with Crippen molar-refractivity contribution >= 4 is 11.6 Å². The highest BCUT2D eigenvalue weighted by Gasteiger charge is 2.41. The van der Waals surface area contributed by atoms with Crippen LogP contribution >= 0.6 is 0 Å². The van der Waals surface area contributed by atoms with Crippen molar-refractivity contribution in [2.24, 2.45) is 0 Å². The first kappa shape index (κ1) is 16.9. The van der Waals surface area contributed by atoms with Crippen LogP contribution in [-0.2, 0) is 0 Å². The Morgan fingerprint density at radius 3 is 2.43 bits per heavy atom. The summed E-state index contributed by atoms with van der Waals surface area (Å²) in [5.74, 6) is -5.06. The molecule has 0 unspecified atom stereocenters. The smallest absolute Gasteiger partial charge is 0.324 e. The van der Waals surface area contributed by atoms with Gasteiger partial charge in [-0.25, -0.2) is 8.78 Å². The monoisotopic (exact) mass is 310 g/mol. The molecule has 0 spiro atoms. The van der Waals surface area contributed by atoms with Gasteiger partial charge in [0, 0.05) is 6.07 Å². The maximum atomic E-state index is 12.8. The number of nitrogens with two attached hydrogens (primary N) is 1. The van der Waals surface area contributed by atoms with E-state index in [-0.39, 0.29) is 22.7 Å². The van der Waals surface area contributed by atoms with E-state index in [1.54, 1.807) is 5.32 Å². The minimum absolute atomic E-state index is 0.0973. The van der Waals surface area contributed by atoms with E-state index >= 15 is 0 Å². The van der Waals surface area contributed by atoms with Crippen molar-refractivity contribution < 1.29 is 31.8 Å². The lowest BCUT2D eigenvalue weighted by atomic mass is 10.1. The van der Waals surface area contributed by atoms with Gasteiger partial charge in [-0.15, -0.1) is 0 Å². The van der Waals surface area contributed by atoms with E-state index in [0.717, 1.165) is 0 Å². The highest BCUT2D eigenvalue weighted by Crippen LogP contribution is 2.31. The van der Waals surface area contributed by atoms with Gasteiger partial charge in [0.25, 0.3) is 5.91 Å². The number of rotatable bonds is 6. The molecule has 0 radical (unpaired) electrons. The molecule has 1 aromatic rings. The average molecular weight is 310 g/mol. The summed E-state index contributed by atoms with van der Waals surface area (Å²) in [5.41, 5.74) is 5.31. The molecule has 0 fully saturated rings. The standard InChI is InChI=1S/C12H14F4N2O3/c1-20-6-3-7(9(17)8(4-6)21-2)10(19)18-5-12(15,16)11(13)14/h3-4,11H,5,17H2,1-2H3,(H,18,19). The van der Waals surface area contributed by atoms with E-state index < -0.39 is 24.8 Å². The average Bonchev–Trinajstić information content (AvgIpc) is 2.44. The van der Waals surface area contributed by atoms with Crippen LogP contribution in [0.3, 0.4) is 0 Å². The summed E-state index contributed by atoms with van der Waals surface area (Å²) in [5, 5.41) is 1.70. The quantitative estimate of drug-likeness (QED) is 0.622. The number of benzene rings is 1. The number of hydrogen-bond acceptors (Lipinski definition) is 4. The fourth-order valence-corrected chi connectivity index (χ4v) is 1.45. The first-order valence-electron chi connectivity index (χ1n) is 5.68. The number of nitrogens with one attached hydrogen (secondary N) is 1. The van der Waals surface area contributed by atoms with Crippen LogP contribution in [0.1, 0.15) is 10.4 Å². The predicted molar refractivity (Wildman–Crippen MR) is 67.2 cm³/mol.